The van der Waals surface area contributed by atoms with Gasteiger partial charge in [-0.25, -0.2) is 4.68 Å². The number of halogens is 1. The van der Waals surface area contributed by atoms with Gasteiger partial charge in [0.15, 0.2) is 0 Å². The monoisotopic (exact) mass is 501 g/mol. The second-order valence-corrected chi connectivity index (χ2v) is 11.2. The average molecular weight is 502 g/mol. The molecule has 3 fully saturated rings. The summed E-state index contributed by atoms with van der Waals surface area (Å²) in [5.74, 6) is 1.68. The Hall–Kier alpha value is -2.22. The maximum atomic E-state index is 12.9. The van der Waals surface area contributed by atoms with E-state index in [-0.39, 0.29) is 18.0 Å². The van der Waals surface area contributed by atoms with Crippen LogP contribution in [0.2, 0.25) is 0 Å². The Kier molecular flexibility index (Phi) is 5.94. The van der Waals surface area contributed by atoms with E-state index < -0.39 is 5.54 Å². The lowest BCUT2D eigenvalue weighted by molar-refractivity contribution is -0.123. The van der Waals surface area contributed by atoms with Crippen LogP contribution in [0.5, 0.6) is 0 Å². The number of anilines is 1. The van der Waals surface area contributed by atoms with E-state index in [2.05, 4.69) is 57.4 Å². The molecule has 0 unspecified atom stereocenters. The smallest absolute Gasteiger partial charge is 0.283 e. The van der Waals surface area contributed by atoms with Crippen molar-refractivity contribution >= 4 is 27.5 Å². The van der Waals surface area contributed by atoms with Crippen molar-refractivity contribution in [1.82, 2.24) is 20.1 Å². The van der Waals surface area contributed by atoms with Gasteiger partial charge in [0.25, 0.3) is 5.56 Å². The third kappa shape index (κ3) is 4.09. The first kappa shape index (κ1) is 23.0. The van der Waals surface area contributed by atoms with Crippen LogP contribution in [0.4, 0.5) is 5.69 Å². The molecule has 0 spiro atoms. The van der Waals surface area contributed by atoms with Gasteiger partial charge < -0.3 is 10.6 Å². The largest absolute Gasteiger partial charge is 0.380 e. The molecule has 0 saturated heterocycles. The Labute approximate surface area is 197 Å². The molecule has 3 aliphatic carbocycles. The molecule has 2 heterocycles. The molecular weight excluding hydrogens is 470 g/mol. The van der Waals surface area contributed by atoms with Gasteiger partial charge in [-0.1, -0.05) is 20.8 Å². The second-order valence-electron chi connectivity index (χ2n) is 10.5. The number of nitrogens with zero attached hydrogens (tertiary/aromatic N) is 3. The number of carbonyl (C=O) groups is 1. The molecule has 2 bridgehead atoms. The molecule has 32 heavy (non-hydrogen) atoms. The van der Waals surface area contributed by atoms with Gasteiger partial charge >= 0.3 is 0 Å². The predicted octanol–water partition coefficient (Wildman–Crippen LogP) is 3.93. The zero-order chi connectivity index (χ0) is 23.3. The quantitative estimate of drug-likeness (QED) is 0.625. The van der Waals surface area contributed by atoms with E-state index in [1.807, 2.05) is 26.0 Å². The number of carbonyl (C=O) groups excluding carboxylic acids is 1. The number of hydrogen-bond donors (Lipinski definition) is 2. The Morgan fingerprint density at radius 1 is 1.28 bits per heavy atom. The standard InChI is InChI=1S/C24H32BrN5O2/c1-14-17-10-16(23(17,2)3)11-18(14)28-19-12-27-30(22(32)21(19)25)13-20(31)29-24(4,5)15-6-8-26-9-7-15/h6-9,12,14,16-18,28H,10-11,13H2,1-5H3,(H,29,31)/t14-,16+,17-,18-/m1/s1. The van der Waals surface area contributed by atoms with Gasteiger partial charge in [-0.15, -0.1) is 0 Å². The molecule has 8 heteroatoms. The van der Waals surface area contributed by atoms with E-state index in [1.54, 1.807) is 18.6 Å². The molecule has 0 aromatic carbocycles. The van der Waals surface area contributed by atoms with Gasteiger partial charge in [0, 0.05) is 18.4 Å². The van der Waals surface area contributed by atoms with Gasteiger partial charge in [0.2, 0.25) is 5.91 Å². The lowest BCUT2D eigenvalue weighted by Crippen LogP contribution is -2.58. The van der Waals surface area contributed by atoms with Gasteiger partial charge in [-0.2, -0.15) is 5.10 Å². The topological polar surface area (TPSA) is 88.9 Å². The van der Waals surface area contributed by atoms with Crippen molar-refractivity contribution < 1.29 is 4.79 Å². The fourth-order valence-corrected chi connectivity index (χ4v) is 6.00. The predicted molar refractivity (Wildman–Crippen MR) is 128 cm³/mol. The number of aromatic nitrogens is 3. The van der Waals surface area contributed by atoms with Gasteiger partial charge in [-0.05, 0) is 83.5 Å². The lowest BCUT2D eigenvalue weighted by Gasteiger charge is -2.62. The van der Waals surface area contributed by atoms with Crippen molar-refractivity contribution in [2.24, 2.45) is 23.2 Å². The summed E-state index contributed by atoms with van der Waals surface area (Å²) in [4.78, 5) is 29.6. The zero-order valence-electron chi connectivity index (χ0n) is 19.4. The van der Waals surface area contributed by atoms with Crippen LogP contribution in [-0.4, -0.2) is 26.7 Å². The summed E-state index contributed by atoms with van der Waals surface area (Å²) in [7, 11) is 0. The highest BCUT2D eigenvalue weighted by Gasteiger charge is 2.56. The summed E-state index contributed by atoms with van der Waals surface area (Å²) in [6.45, 7) is 10.7. The maximum Gasteiger partial charge on any atom is 0.283 e. The van der Waals surface area contributed by atoms with E-state index in [0.717, 1.165) is 17.9 Å². The molecule has 7 nitrogen and oxygen atoms in total. The van der Waals surface area contributed by atoms with Crippen molar-refractivity contribution in [2.75, 3.05) is 5.32 Å². The minimum atomic E-state index is -0.589. The molecule has 2 aromatic heterocycles. The third-order valence-corrected chi connectivity index (χ3v) is 8.59. The Balaban J connectivity index is 1.43. The number of hydrogen-bond acceptors (Lipinski definition) is 5. The Morgan fingerprint density at radius 3 is 2.59 bits per heavy atom. The van der Waals surface area contributed by atoms with Crippen molar-refractivity contribution in [1.29, 1.82) is 0 Å². The first-order chi connectivity index (χ1) is 15.0. The van der Waals surface area contributed by atoms with E-state index in [0.29, 0.717) is 33.5 Å². The zero-order valence-corrected chi connectivity index (χ0v) is 20.9. The van der Waals surface area contributed by atoms with Crippen LogP contribution in [0.3, 0.4) is 0 Å². The maximum absolute atomic E-state index is 12.9. The van der Waals surface area contributed by atoms with Gasteiger partial charge in [0.05, 0.1) is 17.4 Å². The van der Waals surface area contributed by atoms with Crippen molar-refractivity contribution in [3.8, 4) is 0 Å². The molecule has 4 atom stereocenters. The SMILES string of the molecule is C[C@@H]1[C@H]2C[C@@H](C[C@H]1Nc1cnn(CC(=O)NC(C)(C)c3ccncc3)c(=O)c1Br)C2(C)C. The van der Waals surface area contributed by atoms with Crippen molar-refractivity contribution in [3.63, 3.8) is 0 Å². The van der Waals surface area contributed by atoms with Gasteiger partial charge in [-0.3, -0.25) is 14.6 Å². The van der Waals surface area contributed by atoms with E-state index in [4.69, 9.17) is 0 Å². The first-order valence-corrected chi connectivity index (χ1v) is 12.0. The summed E-state index contributed by atoms with van der Waals surface area (Å²) in [6, 6.07) is 4.04. The van der Waals surface area contributed by atoms with E-state index in [9.17, 15) is 9.59 Å². The molecule has 172 valence electrons. The van der Waals surface area contributed by atoms with Crippen molar-refractivity contribution in [2.45, 2.75) is 65.6 Å². The minimum Gasteiger partial charge on any atom is -0.380 e. The number of rotatable bonds is 6. The van der Waals surface area contributed by atoms with Crippen LogP contribution in [0, 0.1) is 23.2 Å². The normalized spacial score (nSPS) is 26.2. The van der Waals surface area contributed by atoms with Crippen LogP contribution in [-0.2, 0) is 16.9 Å². The fraction of sp³-hybridized carbons (Fsp3) is 0.583. The van der Waals surface area contributed by atoms with Crippen LogP contribution in [0.25, 0.3) is 0 Å². The molecule has 2 N–H and O–H groups in total. The molecular formula is C24H32BrN5O2. The Morgan fingerprint density at radius 2 is 1.97 bits per heavy atom. The summed E-state index contributed by atoms with van der Waals surface area (Å²) >= 11 is 3.44. The molecule has 1 amide bonds. The molecule has 0 radical (unpaired) electrons. The highest BCUT2D eigenvalue weighted by atomic mass is 79.9. The molecule has 0 aliphatic heterocycles. The Bertz CT molecular complexity index is 1070. The molecule has 2 aromatic rings. The van der Waals surface area contributed by atoms with Crippen LogP contribution >= 0.6 is 15.9 Å². The number of nitrogens with one attached hydrogen (secondary N) is 2. The summed E-state index contributed by atoms with van der Waals surface area (Å²) in [6.07, 6.45) is 7.43. The number of pyridine rings is 1. The molecule has 3 saturated carbocycles. The van der Waals surface area contributed by atoms with Gasteiger partial charge in [0.1, 0.15) is 11.0 Å². The summed E-state index contributed by atoms with van der Waals surface area (Å²) in [5.41, 5.74) is 1.13. The molecule has 5 rings (SSSR count). The third-order valence-electron chi connectivity index (χ3n) is 7.83. The first-order valence-electron chi connectivity index (χ1n) is 11.2. The molecule has 3 aliphatic rings. The fourth-order valence-electron chi connectivity index (χ4n) is 5.58. The lowest BCUT2D eigenvalue weighted by atomic mass is 9.45. The average Bonchev–Trinajstić information content (AvgIpc) is 2.74. The highest BCUT2D eigenvalue weighted by Crippen LogP contribution is 2.61. The van der Waals surface area contributed by atoms with Crippen LogP contribution in [0.1, 0.15) is 53.0 Å². The van der Waals surface area contributed by atoms with Crippen LogP contribution < -0.4 is 16.2 Å². The van der Waals surface area contributed by atoms with E-state index >= 15 is 0 Å². The minimum absolute atomic E-state index is 0.148. The van der Waals surface area contributed by atoms with Crippen LogP contribution in [0.15, 0.2) is 40.0 Å². The summed E-state index contributed by atoms with van der Waals surface area (Å²) < 4.78 is 1.61. The highest BCUT2D eigenvalue weighted by molar-refractivity contribution is 9.10. The van der Waals surface area contributed by atoms with Crippen molar-refractivity contribution in [3.05, 3.63) is 51.1 Å². The van der Waals surface area contributed by atoms with E-state index in [1.165, 1.54) is 11.1 Å². The number of fused-ring (bicyclic) bond motifs is 2. The number of amides is 1. The second kappa shape index (κ2) is 8.28. The summed E-state index contributed by atoms with van der Waals surface area (Å²) in [5, 5.41) is 10.8.